The third kappa shape index (κ3) is 4.77. The largest absolute Gasteiger partial charge is 0.383 e. The molecule has 0 radical (unpaired) electrons. The number of carbonyl (C=O) groups excluding carboxylic acids is 1. The van der Waals surface area contributed by atoms with Crippen LogP contribution in [0.25, 0.3) is 11.4 Å². The molecule has 7 heteroatoms. The molecule has 0 atom stereocenters. The van der Waals surface area contributed by atoms with Gasteiger partial charge in [0.1, 0.15) is 0 Å². The van der Waals surface area contributed by atoms with Gasteiger partial charge < -0.3 is 14.6 Å². The van der Waals surface area contributed by atoms with Gasteiger partial charge in [-0.1, -0.05) is 12.1 Å². The molecule has 27 heavy (non-hydrogen) atoms. The topological polar surface area (TPSA) is 81.9 Å². The van der Waals surface area contributed by atoms with Crippen LogP contribution in [0.2, 0.25) is 0 Å². The Bertz CT molecular complexity index is 898. The first kappa shape index (κ1) is 18.7. The van der Waals surface area contributed by atoms with Gasteiger partial charge >= 0.3 is 0 Å². The van der Waals surface area contributed by atoms with Crippen LogP contribution in [0.4, 0.5) is 0 Å². The van der Waals surface area contributed by atoms with Gasteiger partial charge in [-0.15, -0.1) is 0 Å². The minimum absolute atomic E-state index is 0.137. The molecule has 0 saturated carbocycles. The zero-order valence-electron chi connectivity index (χ0n) is 15.8. The fraction of sp³-hybridized carbons (Fsp3) is 0.300. The van der Waals surface area contributed by atoms with Gasteiger partial charge in [0, 0.05) is 42.4 Å². The van der Waals surface area contributed by atoms with Gasteiger partial charge in [0.15, 0.2) is 5.82 Å². The minimum atomic E-state index is -0.137. The third-order valence-corrected chi connectivity index (χ3v) is 4.15. The van der Waals surface area contributed by atoms with Gasteiger partial charge in [-0.05, 0) is 32.0 Å². The fourth-order valence-corrected chi connectivity index (χ4v) is 2.78. The van der Waals surface area contributed by atoms with Gasteiger partial charge in [0.25, 0.3) is 5.91 Å². The van der Waals surface area contributed by atoms with Crippen LogP contribution in [0.5, 0.6) is 0 Å². The van der Waals surface area contributed by atoms with Gasteiger partial charge in [0.05, 0.1) is 25.2 Å². The van der Waals surface area contributed by atoms with E-state index in [2.05, 4.69) is 20.3 Å². The molecule has 140 valence electrons. The number of rotatable bonds is 7. The molecule has 0 bridgehead atoms. The molecule has 0 unspecified atom stereocenters. The standard InChI is InChI=1S/C20H23N5O2/c1-14-10-15(2)24-19(23-14)16-4-6-17(7-5-16)20(26)22-12-18-11-21-13-25(18)8-9-27-3/h4-7,10-11,13H,8-9,12H2,1-3H3,(H,22,26). The van der Waals surface area contributed by atoms with Crippen molar-refractivity contribution in [2.24, 2.45) is 0 Å². The summed E-state index contributed by atoms with van der Waals surface area (Å²) in [6.45, 7) is 5.59. The second-order valence-corrected chi connectivity index (χ2v) is 6.31. The van der Waals surface area contributed by atoms with Crippen molar-refractivity contribution in [1.29, 1.82) is 0 Å². The first-order valence-electron chi connectivity index (χ1n) is 8.75. The molecule has 3 aromatic rings. The predicted octanol–water partition coefficient (Wildman–Crippen LogP) is 2.53. The second-order valence-electron chi connectivity index (χ2n) is 6.31. The highest BCUT2D eigenvalue weighted by Gasteiger charge is 2.09. The van der Waals surface area contributed by atoms with Crippen molar-refractivity contribution in [3.63, 3.8) is 0 Å². The Kier molecular flexibility index (Phi) is 5.93. The van der Waals surface area contributed by atoms with Crippen molar-refractivity contribution in [2.45, 2.75) is 26.9 Å². The molecular weight excluding hydrogens is 342 g/mol. The van der Waals surface area contributed by atoms with Gasteiger partial charge in [-0.2, -0.15) is 0 Å². The van der Waals surface area contributed by atoms with Crippen molar-refractivity contribution < 1.29 is 9.53 Å². The average molecular weight is 365 g/mol. The van der Waals surface area contributed by atoms with E-state index in [1.165, 1.54) is 0 Å². The molecule has 2 aromatic heterocycles. The maximum atomic E-state index is 12.4. The van der Waals surface area contributed by atoms with Crippen molar-refractivity contribution in [3.05, 3.63) is 65.5 Å². The zero-order valence-corrected chi connectivity index (χ0v) is 15.8. The number of imidazole rings is 1. The summed E-state index contributed by atoms with van der Waals surface area (Å²) in [6.07, 6.45) is 3.48. The summed E-state index contributed by atoms with van der Waals surface area (Å²) in [4.78, 5) is 25.5. The van der Waals surface area contributed by atoms with Crippen LogP contribution in [0.1, 0.15) is 27.4 Å². The highest BCUT2D eigenvalue weighted by molar-refractivity contribution is 5.94. The average Bonchev–Trinajstić information content (AvgIpc) is 3.11. The van der Waals surface area contributed by atoms with Crippen molar-refractivity contribution in [2.75, 3.05) is 13.7 Å². The Labute approximate surface area is 158 Å². The summed E-state index contributed by atoms with van der Waals surface area (Å²) in [5, 5.41) is 2.92. The molecule has 1 amide bonds. The van der Waals surface area contributed by atoms with Crippen LogP contribution in [0, 0.1) is 13.8 Å². The molecule has 2 heterocycles. The predicted molar refractivity (Wildman–Crippen MR) is 102 cm³/mol. The number of methoxy groups -OCH3 is 1. The summed E-state index contributed by atoms with van der Waals surface area (Å²) < 4.78 is 7.04. The quantitative estimate of drug-likeness (QED) is 0.696. The Hall–Kier alpha value is -3.06. The normalized spacial score (nSPS) is 10.8. The van der Waals surface area contributed by atoms with E-state index in [-0.39, 0.29) is 5.91 Å². The Morgan fingerprint density at radius 1 is 1.15 bits per heavy atom. The number of amides is 1. The third-order valence-electron chi connectivity index (χ3n) is 4.15. The van der Waals surface area contributed by atoms with E-state index in [0.29, 0.717) is 31.1 Å². The van der Waals surface area contributed by atoms with Crippen LogP contribution in [0.15, 0.2) is 42.9 Å². The molecule has 0 spiro atoms. The molecular formula is C20H23N5O2. The smallest absolute Gasteiger partial charge is 0.251 e. The lowest BCUT2D eigenvalue weighted by Gasteiger charge is -2.09. The Morgan fingerprint density at radius 2 is 1.85 bits per heavy atom. The van der Waals surface area contributed by atoms with E-state index >= 15 is 0 Å². The van der Waals surface area contributed by atoms with Crippen molar-refractivity contribution in [3.8, 4) is 11.4 Å². The number of nitrogens with one attached hydrogen (secondary N) is 1. The lowest BCUT2D eigenvalue weighted by molar-refractivity contribution is 0.0950. The second kappa shape index (κ2) is 8.55. The highest BCUT2D eigenvalue weighted by atomic mass is 16.5. The van der Waals surface area contributed by atoms with Gasteiger partial charge in [0.2, 0.25) is 0 Å². The summed E-state index contributed by atoms with van der Waals surface area (Å²) in [7, 11) is 1.66. The molecule has 1 aromatic carbocycles. The number of ether oxygens (including phenoxy) is 1. The van der Waals surface area contributed by atoms with E-state index in [0.717, 1.165) is 22.6 Å². The van der Waals surface area contributed by atoms with Crippen LogP contribution in [-0.4, -0.2) is 39.1 Å². The number of aryl methyl sites for hydroxylation is 2. The van der Waals surface area contributed by atoms with Gasteiger partial charge in [-0.25, -0.2) is 15.0 Å². The Balaban J connectivity index is 1.65. The Morgan fingerprint density at radius 3 is 2.52 bits per heavy atom. The van der Waals surface area contributed by atoms with Crippen molar-refractivity contribution in [1.82, 2.24) is 24.8 Å². The SMILES string of the molecule is COCCn1cncc1CNC(=O)c1ccc(-c2nc(C)cc(C)n2)cc1. The molecule has 0 aliphatic carbocycles. The summed E-state index contributed by atoms with van der Waals surface area (Å²) in [6, 6.07) is 9.24. The zero-order chi connectivity index (χ0) is 19.2. The van der Waals surface area contributed by atoms with Crippen LogP contribution >= 0.6 is 0 Å². The molecule has 0 aliphatic rings. The number of hydrogen-bond acceptors (Lipinski definition) is 5. The number of aromatic nitrogens is 4. The first-order chi connectivity index (χ1) is 13.1. The monoisotopic (exact) mass is 365 g/mol. The van der Waals surface area contributed by atoms with Crippen LogP contribution < -0.4 is 5.32 Å². The van der Waals surface area contributed by atoms with Crippen molar-refractivity contribution >= 4 is 5.91 Å². The summed E-state index contributed by atoms with van der Waals surface area (Å²) >= 11 is 0. The molecule has 3 rings (SSSR count). The van der Waals surface area contributed by atoms with E-state index in [4.69, 9.17) is 4.74 Å². The maximum Gasteiger partial charge on any atom is 0.251 e. The minimum Gasteiger partial charge on any atom is -0.383 e. The fourth-order valence-electron chi connectivity index (χ4n) is 2.78. The molecule has 1 N–H and O–H groups in total. The summed E-state index contributed by atoms with van der Waals surface area (Å²) in [5.74, 6) is 0.531. The van der Waals surface area contributed by atoms with E-state index in [1.54, 1.807) is 31.8 Å². The molecule has 0 aliphatic heterocycles. The van der Waals surface area contributed by atoms with Crippen LogP contribution in [0.3, 0.4) is 0 Å². The molecule has 0 saturated heterocycles. The van der Waals surface area contributed by atoms with E-state index < -0.39 is 0 Å². The van der Waals surface area contributed by atoms with E-state index in [1.807, 2.05) is 36.6 Å². The van der Waals surface area contributed by atoms with Crippen LogP contribution in [-0.2, 0) is 17.8 Å². The lowest BCUT2D eigenvalue weighted by atomic mass is 10.1. The summed E-state index contributed by atoms with van der Waals surface area (Å²) in [5.41, 5.74) is 4.25. The molecule has 7 nitrogen and oxygen atoms in total. The number of benzene rings is 1. The number of carbonyl (C=O) groups is 1. The van der Waals surface area contributed by atoms with Gasteiger partial charge in [-0.3, -0.25) is 4.79 Å². The van der Waals surface area contributed by atoms with E-state index in [9.17, 15) is 4.79 Å². The lowest BCUT2D eigenvalue weighted by Crippen LogP contribution is -2.24. The number of hydrogen-bond donors (Lipinski definition) is 1. The molecule has 0 fully saturated rings. The highest BCUT2D eigenvalue weighted by Crippen LogP contribution is 2.17. The first-order valence-corrected chi connectivity index (χ1v) is 8.75. The maximum absolute atomic E-state index is 12.4. The number of nitrogens with zero attached hydrogens (tertiary/aromatic N) is 4.